The van der Waals surface area contributed by atoms with Gasteiger partial charge in [0.15, 0.2) is 32.8 Å². The fourth-order valence-electron chi connectivity index (χ4n) is 7.23. The van der Waals surface area contributed by atoms with E-state index in [2.05, 4.69) is 15.0 Å². The molecular formula is C44H48N6O10S. The van der Waals surface area contributed by atoms with Gasteiger partial charge in [-0.15, -0.1) is 0 Å². The van der Waals surface area contributed by atoms with Crippen LogP contribution in [0.2, 0.25) is 0 Å². The van der Waals surface area contributed by atoms with Crippen LogP contribution in [0.15, 0.2) is 131 Å². The third kappa shape index (κ3) is 8.96. The van der Waals surface area contributed by atoms with Crippen LogP contribution in [-0.2, 0) is 34.4 Å². The molecule has 1 saturated heterocycles. The highest BCUT2D eigenvalue weighted by molar-refractivity contribution is 7.91. The van der Waals surface area contributed by atoms with E-state index in [1.54, 1.807) is 49.6 Å². The number of nitrogens with zero attached hydrogens (tertiary/aromatic N) is 4. The van der Waals surface area contributed by atoms with E-state index in [0.717, 1.165) is 22.3 Å². The average molecular weight is 853 g/mol. The van der Waals surface area contributed by atoms with E-state index in [1.165, 1.54) is 10.9 Å². The summed E-state index contributed by atoms with van der Waals surface area (Å²) in [6, 6.07) is 31.2. The second-order valence-electron chi connectivity index (χ2n) is 14.6. The summed E-state index contributed by atoms with van der Waals surface area (Å²) < 4.78 is 64.8. The van der Waals surface area contributed by atoms with Gasteiger partial charge in [0, 0.05) is 37.0 Å². The summed E-state index contributed by atoms with van der Waals surface area (Å²) in [5.74, 6) is 1.03. The normalized spacial score (nSPS) is 18.3. The van der Waals surface area contributed by atoms with Crippen molar-refractivity contribution in [2.75, 3.05) is 53.2 Å². The topological polar surface area (TPSA) is 203 Å². The Balaban J connectivity index is 1.30. The van der Waals surface area contributed by atoms with Gasteiger partial charge >= 0.3 is 0 Å². The van der Waals surface area contributed by atoms with Gasteiger partial charge < -0.3 is 44.2 Å². The average Bonchev–Trinajstić information content (AvgIpc) is 3.82. The number of ether oxygens (including phenoxy) is 6. The maximum Gasteiger partial charge on any atom is 0.280 e. The van der Waals surface area contributed by atoms with Crippen molar-refractivity contribution in [3.8, 4) is 11.5 Å². The number of sulfone groups is 1. The quantitative estimate of drug-likeness (QED) is 0.0500. The number of hydrogen-bond donors (Lipinski definition) is 3. The molecule has 6 aromatic rings. The molecule has 0 unspecified atom stereocenters. The molecule has 4 N–H and O–H groups in total. The summed E-state index contributed by atoms with van der Waals surface area (Å²) >= 11 is 0. The zero-order valence-electron chi connectivity index (χ0n) is 34.3. The molecule has 320 valence electrons. The first-order valence-corrected chi connectivity index (χ1v) is 21.0. The number of aromatic nitrogens is 4. The molecular weight excluding hydrogens is 805 g/mol. The molecule has 0 saturated carbocycles. The largest absolute Gasteiger partial charge is 0.497 e. The van der Waals surface area contributed by atoms with Crippen LogP contribution >= 0.6 is 0 Å². The first-order chi connectivity index (χ1) is 29.3. The number of aliphatic hydroxyl groups is 1. The number of methoxy groups -OCH3 is 2. The van der Waals surface area contributed by atoms with E-state index in [4.69, 9.17) is 34.2 Å². The van der Waals surface area contributed by atoms with Crippen molar-refractivity contribution in [1.82, 2.24) is 24.4 Å². The molecule has 17 heteroatoms. The van der Waals surface area contributed by atoms with Crippen LogP contribution < -0.4 is 20.8 Å². The Morgan fingerprint density at radius 1 is 0.934 bits per heavy atom. The summed E-state index contributed by atoms with van der Waals surface area (Å²) in [6.45, 7) is 1.25. The van der Waals surface area contributed by atoms with E-state index in [-0.39, 0.29) is 40.1 Å². The maximum atomic E-state index is 13.1. The van der Waals surface area contributed by atoms with Gasteiger partial charge in [-0.25, -0.2) is 13.4 Å². The van der Waals surface area contributed by atoms with Gasteiger partial charge in [-0.3, -0.25) is 14.3 Å². The third-order valence-electron chi connectivity index (χ3n) is 10.3. The van der Waals surface area contributed by atoms with Crippen LogP contribution in [0.25, 0.3) is 11.2 Å². The number of fused-ring (bicyclic) bond motifs is 1. The number of anilines is 1. The fourth-order valence-corrected chi connectivity index (χ4v) is 8.36. The number of aryl methyl sites for hydroxylation is 1. The number of rotatable bonds is 17. The number of nitrogen functional groups attached to an aromatic ring is 1. The minimum atomic E-state index is -3.66. The molecule has 7 rings (SSSR count). The Morgan fingerprint density at radius 2 is 1.54 bits per heavy atom. The van der Waals surface area contributed by atoms with Gasteiger partial charge in [-0.05, 0) is 43.3 Å². The smallest absolute Gasteiger partial charge is 0.280 e. The number of benzene rings is 4. The van der Waals surface area contributed by atoms with E-state index in [0.29, 0.717) is 11.5 Å². The fraction of sp³-hybridized carbons (Fsp3) is 0.295. The highest BCUT2D eigenvalue weighted by Crippen LogP contribution is 2.46. The van der Waals surface area contributed by atoms with Crippen molar-refractivity contribution >= 4 is 26.9 Å². The molecule has 3 heterocycles. The summed E-state index contributed by atoms with van der Waals surface area (Å²) in [5.41, 5.74) is 7.17. The second kappa shape index (κ2) is 18.2. The van der Waals surface area contributed by atoms with Crippen LogP contribution in [-0.4, -0.2) is 104 Å². The zero-order valence-corrected chi connectivity index (χ0v) is 35.1. The van der Waals surface area contributed by atoms with Gasteiger partial charge in [-0.1, -0.05) is 72.3 Å². The summed E-state index contributed by atoms with van der Waals surface area (Å²) in [6.07, 6.45) is -2.01. The molecule has 0 bridgehead atoms. The molecule has 1 aliphatic rings. The Bertz CT molecular complexity index is 2570. The van der Waals surface area contributed by atoms with Crippen molar-refractivity contribution in [2.45, 2.75) is 42.0 Å². The summed E-state index contributed by atoms with van der Waals surface area (Å²) in [7, 11) is 3.14. The summed E-state index contributed by atoms with van der Waals surface area (Å²) in [4.78, 5) is 25.7. The lowest BCUT2D eigenvalue weighted by Crippen LogP contribution is -2.40. The molecule has 1 fully saturated rings. The van der Waals surface area contributed by atoms with Crippen molar-refractivity contribution in [3.63, 3.8) is 0 Å². The molecule has 0 amide bonds. The Morgan fingerprint density at radius 3 is 2.13 bits per heavy atom. The minimum absolute atomic E-state index is 0.0218. The zero-order chi connectivity index (χ0) is 43.3. The minimum Gasteiger partial charge on any atom is -0.497 e. The second-order valence-corrected chi connectivity index (χ2v) is 16.7. The lowest BCUT2D eigenvalue weighted by molar-refractivity contribution is -0.127. The molecule has 2 aromatic heterocycles. The van der Waals surface area contributed by atoms with Gasteiger partial charge in [0.05, 0.1) is 37.8 Å². The molecule has 0 radical (unpaired) electrons. The number of hydrogen-bond acceptors (Lipinski definition) is 14. The first-order valence-electron chi connectivity index (χ1n) is 19.3. The SMILES string of the molecule is COc1ccc(C(OC(=CN(C)C)[C@H]2O[C@@H](n3cnc4c(=O)[nH]c(N)nc43)[C@H](O)[C@@H]2OCOCCS(=O)(=O)c2ccc(C)cc2)(c2ccccc2)c2ccc(OC)cc2)cc1. The van der Waals surface area contributed by atoms with Crippen molar-refractivity contribution in [1.29, 1.82) is 0 Å². The predicted octanol–water partition coefficient (Wildman–Crippen LogP) is 4.53. The molecule has 0 spiro atoms. The monoisotopic (exact) mass is 852 g/mol. The maximum absolute atomic E-state index is 13.1. The van der Waals surface area contributed by atoms with Gasteiger partial charge in [0.25, 0.3) is 5.56 Å². The molecule has 4 atom stereocenters. The number of nitrogens with two attached hydrogens (primary N) is 1. The van der Waals surface area contributed by atoms with Gasteiger partial charge in [0.1, 0.15) is 42.4 Å². The lowest BCUT2D eigenvalue weighted by Gasteiger charge is -2.39. The lowest BCUT2D eigenvalue weighted by atomic mass is 9.79. The van der Waals surface area contributed by atoms with Gasteiger partial charge in [0.2, 0.25) is 5.95 Å². The molecule has 61 heavy (non-hydrogen) atoms. The molecule has 1 aliphatic heterocycles. The van der Waals surface area contributed by atoms with E-state index in [1.807, 2.05) is 99.9 Å². The Labute approximate surface area is 353 Å². The Hall–Kier alpha value is -6.24. The van der Waals surface area contributed by atoms with Crippen LogP contribution in [0, 0.1) is 6.92 Å². The molecule has 16 nitrogen and oxygen atoms in total. The van der Waals surface area contributed by atoms with Crippen molar-refractivity contribution in [3.05, 3.63) is 154 Å². The third-order valence-corrected chi connectivity index (χ3v) is 12.0. The van der Waals surface area contributed by atoms with E-state index >= 15 is 0 Å². The van der Waals surface area contributed by atoms with Crippen molar-refractivity contribution < 1.29 is 41.9 Å². The summed E-state index contributed by atoms with van der Waals surface area (Å²) in [5, 5.41) is 12.2. The molecule has 0 aliphatic carbocycles. The highest BCUT2D eigenvalue weighted by Gasteiger charge is 2.51. The van der Waals surface area contributed by atoms with Crippen LogP contribution in [0.1, 0.15) is 28.5 Å². The number of aliphatic hydroxyl groups excluding tert-OH is 1. The first kappa shape index (κ1) is 42.9. The van der Waals surface area contributed by atoms with E-state index in [9.17, 15) is 18.3 Å². The van der Waals surface area contributed by atoms with Crippen LogP contribution in [0.4, 0.5) is 5.95 Å². The predicted molar refractivity (Wildman–Crippen MR) is 227 cm³/mol. The number of H-pyrrole nitrogens is 1. The van der Waals surface area contributed by atoms with Crippen molar-refractivity contribution in [2.24, 2.45) is 0 Å². The van der Waals surface area contributed by atoms with Crippen LogP contribution in [0.5, 0.6) is 11.5 Å². The van der Waals surface area contributed by atoms with Gasteiger partial charge in [-0.2, -0.15) is 4.98 Å². The Kier molecular flexibility index (Phi) is 12.8. The molecule has 4 aromatic carbocycles. The highest BCUT2D eigenvalue weighted by atomic mass is 32.2. The number of imidazole rings is 1. The standard InChI is InChI=1S/C44H48N6O10S/c1-28-11-21-34(22-12-28)61(53,54)24-23-57-27-58-39-37(51)42(50-26-46-36-40(50)47-43(45)48-41(36)52)59-38(39)35(25-49(2)3)60-44(29-9-7-6-8-10-29,30-13-17-32(55-4)18-14-30)31-15-19-33(56-5)20-16-31/h6-22,25-26,37-39,42,51H,23-24,27H2,1-5H3,(H3,45,47,48,52)/t37-,38-,39+,42-/m1/s1. The number of aromatic amines is 1. The number of nitrogens with one attached hydrogen (secondary N) is 1. The van der Waals surface area contributed by atoms with E-state index < -0.39 is 52.3 Å². The van der Waals surface area contributed by atoms with Crippen LogP contribution in [0.3, 0.4) is 0 Å².